The second-order valence-electron chi connectivity index (χ2n) is 5.46. The van der Waals surface area contributed by atoms with E-state index in [4.69, 9.17) is 5.26 Å². The third kappa shape index (κ3) is 3.14. The number of nitrogens with zero attached hydrogens (tertiary/aromatic N) is 6. The molecule has 0 fully saturated rings. The summed E-state index contributed by atoms with van der Waals surface area (Å²) in [6.45, 7) is 5.76. The summed E-state index contributed by atoms with van der Waals surface area (Å²) in [4.78, 5) is 10.8. The molecule has 0 aliphatic heterocycles. The monoisotopic (exact) mass is 306 g/mol. The van der Waals surface area contributed by atoms with Gasteiger partial charge in [0.15, 0.2) is 0 Å². The zero-order chi connectivity index (χ0) is 16.2. The zero-order valence-corrected chi connectivity index (χ0v) is 13.3. The molecule has 1 aromatic carbocycles. The highest BCUT2D eigenvalue weighted by atomic mass is 15.4. The summed E-state index contributed by atoms with van der Waals surface area (Å²) in [5, 5.41) is 13.2. The predicted octanol–water partition coefficient (Wildman–Crippen LogP) is 2.72. The predicted molar refractivity (Wildman–Crippen MR) is 88.0 cm³/mol. The first-order chi connectivity index (χ1) is 11.2. The van der Waals surface area contributed by atoms with Crippen molar-refractivity contribution in [2.75, 3.05) is 11.4 Å². The molecule has 0 bridgehead atoms. The summed E-state index contributed by atoms with van der Waals surface area (Å²) >= 11 is 0. The summed E-state index contributed by atoms with van der Waals surface area (Å²) in [6.07, 6.45) is 2.55. The van der Waals surface area contributed by atoms with Crippen LogP contribution in [0.2, 0.25) is 0 Å². The Morgan fingerprint density at radius 3 is 2.74 bits per heavy atom. The standard InChI is InChI=1S/C17H18N6/c1-3-8-22(11-15-6-4-14(10-18)5-7-15)16-9-13(2)21-17-19-12-20-23(16)17/h4-7,9,12H,3,8,11H2,1-2H3. The molecule has 23 heavy (non-hydrogen) atoms. The Morgan fingerprint density at radius 2 is 2.04 bits per heavy atom. The highest BCUT2D eigenvalue weighted by Crippen LogP contribution is 2.19. The molecule has 0 aliphatic rings. The molecule has 0 radical (unpaired) electrons. The summed E-state index contributed by atoms with van der Waals surface area (Å²) in [5.74, 6) is 1.59. The van der Waals surface area contributed by atoms with Crippen molar-refractivity contribution in [2.24, 2.45) is 0 Å². The molecule has 2 aromatic heterocycles. The number of rotatable bonds is 5. The molecule has 6 heteroatoms. The summed E-state index contributed by atoms with van der Waals surface area (Å²) in [6, 6.07) is 11.9. The van der Waals surface area contributed by atoms with Gasteiger partial charge in [-0.3, -0.25) is 0 Å². The molecule has 0 spiro atoms. The maximum Gasteiger partial charge on any atom is 0.254 e. The molecule has 3 aromatic rings. The fourth-order valence-corrected chi connectivity index (χ4v) is 2.59. The van der Waals surface area contributed by atoms with Gasteiger partial charge in [0.05, 0.1) is 11.6 Å². The van der Waals surface area contributed by atoms with Crippen LogP contribution in [0.1, 0.15) is 30.2 Å². The van der Waals surface area contributed by atoms with Gasteiger partial charge in [0, 0.05) is 24.8 Å². The van der Waals surface area contributed by atoms with Gasteiger partial charge in [-0.25, -0.2) is 4.98 Å². The van der Waals surface area contributed by atoms with Gasteiger partial charge >= 0.3 is 0 Å². The molecule has 0 saturated heterocycles. The lowest BCUT2D eigenvalue weighted by Crippen LogP contribution is -2.26. The number of fused-ring (bicyclic) bond motifs is 1. The fraction of sp³-hybridized carbons (Fsp3) is 0.294. The minimum atomic E-state index is 0.612. The molecule has 0 N–H and O–H groups in total. The van der Waals surface area contributed by atoms with Crippen LogP contribution in [-0.4, -0.2) is 26.1 Å². The van der Waals surface area contributed by atoms with Crippen molar-refractivity contribution in [3.05, 3.63) is 53.5 Å². The number of nitriles is 1. The first-order valence-electron chi connectivity index (χ1n) is 7.62. The van der Waals surface area contributed by atoms with Crippen molar-refractivity contribution in [2.45, 2.75) is 26.8 Å². The van der Waals surface area contributed by atoms with E-state index in [0.717, 1.165) is 36.6 Å². The Balaban J connectivity index is 1.96. The normalized spacial score (nSPS) is 10.7. The van der Waals surface area contributed by atoms with Gasteiger partial charge in [-0.1, -0.05) is 19.1 Å². The number of benzene rings is 1. The molecular weight excluding hydrogens is 288 g/mol. The number of aryl methyl sites for hydroxylation is 1. The third-order valence-corrected chi connectivity index (χ3v) is 3.64. The summed E-state index contributed by atoms with van der Waals surface area (Å²) < 4.78 is 1.77. The van der Waals surface area contributed by atoms with Gasteiger partial charge in [0.2, 0.25) is 0 Å². The molecule has 116 valence electrons. The summed E-state index contributed by atoms with van der Waals surface area (Å²) in [5.41, 5.74) is 2.75. The van der Waals surface area contributed by atoms with Crippen LogP contribution in [-0.2, 0) is 6.54 Å². The van der Waals surface area contributed by atoms with Crippen LogP contribution in [0, 0.1) is 18.3 Å². The van der Waals surface area contributed by atoms with E-state index in [1.807, 2.05) is 37.3 Å². The molecule has 3 rings (SSSR count). The van der Waals surface area contributed by atoms with Crippen LogP contribution in [0.15, 0.2) is 36.7 Å². The van der Waals surface area contributed by atoms with Crippen LogP contribution in [0.25, 0.3) is 5.78 Å². The van der Waals surface area contributed by atoms with Crippen LogP contribution in [0.3, 0.4) is 0 Å². The van der Waals surface area contributed by atoms with E-state index in [2.05, 4.69) is 33.0 Å². The molecular formula is C17H18N6. The number of hydrogen-bond acceptors (Lipinski definition) is 5. The number of aromatic nitrogens is 4. The Kier molecular flexibility index (Phi) is 4.20. The Bertz CT molecular complexity index is 844. The lowest BCUT2D eigenvalue weighted by Gasteiger charge is -2.24. The van der Waals surface area contributed by atoms with E-state index >= 15 is 0 Å². The lowest BCUT2D eigenvalue weighted by molar-refractivity contribution is 0.730. The molecule has 2 heterocycles. The first-order valence-corrected chi connectivity index (χ1v) is 7.62. The van der Waals surface area contributed by atoms with Crippen LogP contribution < -0.4 is 4.90 Å². The van der Waals surface area contributed by atoms with Crippen molar-refractivity contribution >= 4 is 11.6 Å². The third-order valence-electron chi connectivity index (χ3n) is 3.64. The minimum Gasteiger partial charge on any atom is -0.352 e. The largest absolute Gasteiger partial charge is 0.352 e. The van der Waals surface area contributed by atoms with E-state index in [9.17, 15) is 0 Å². The average Bonchev–Trinajstić information content (AvgIpc) is 3.02. The van der Waals surface area contributed by atoms with Crippen molar-refractivity contribution in [1.29, 1.82) is 5.26 Å². The number of hydrogen-bond donors (Lipinski definition) is 0. The van der Waals surface area contributed by atoms with Gasteiger partial charge in [-0.2, -0.15) is 19.9 Å². The van der Waals surface area contributed by atoms with Crippen LogP contribution in [0.4, 0.5) is 5.82 Å². The quantitative estimate of drug-likeness (QED) is 0.725. The van der Waals surface area contributed by atoms with Crippen molar-refractivity contribution < 1.29 is 0 Å². The molecule has 0 amide bonds. The highest BCUT2D eigenvalue weighted by molar-refractivity contribution is 5.48. The summed E-state index contributed by atoms with van der Waals surface area (Å²) in [7, 11) is 0. The first kappa shape index (κ1) is 15.0. The van der Waals surface area contributed by atoms with E-state index in [-0.39, 0.29) is 0 Å². The molecule has 6 nitrogen and oxygen atoms in total. The molecule has 0 aliphatic carbocycles. The van der Waals surface area contributed by atoms with Crippen LogP contribution in [0.5, 0.6) is 0 Å². The fourth-order valence-electron chi connectivity index (χ4n) is 2.59. The maximum atomic E-state index is 8.91. The minimum absolute atomic E-state index is 0.612. The van der Waals surface area contributed by atoms with Crippen molar-refractivity contribution in [3.8, 4) is 6.07 Å². The van der Waals surface area contributed by atoms with E-state index in [1.165, 1.54) is 6.33 Å². The van der Waals surface area contributed by atoms with Gasteiger partial charge in [0.25, 0.3) is 5.78 Å². The van der Waals surface area contributed by atoms with Crippen molar-refractivity contribution in [1.82, 2.24) is 19.6 Å². The van der Waals surface area contributed by atoms with E-state index < -0.39 is 0 Å². The number of anilines is 1. The second-order valence-corrected chi connectivity index (χ2v) is 5.46. The lowest BCUT2D eigenvalue weighted by atomic mass is 10.1. The van der Waals surface area contributed by atoms with E-state index in [1.54, 1.807) is 4.52 Å². The Morgan fingerprint density at radius 1 is 1.26 bits per heavy atom. The van der Waals surface area contributed by atoms with E-state index in [0.29, 0.717) is 11.3 Å². The zero-order valence-electron chi connectivity index (χ0n) is 13.3. The SMILES string of the molecule is CCCN(Cc1ccc(C#N)cc1)c1cc(C)nc2ncnn12. The van der Waals surface area contributed by atoms with Gasteiger partial charge in [-0.05, 0) is 31.0 Å². The molecule has 0 atom stereocenters. The smallest absolute Gasteiger partial charge is 0.254 e. The second kappa shape index (κ2) is 6.44. The average molecular weight is 306 g/mol. The van der Waals surface area contributed by atoms with Gasteiger partial charge in [0.1, 0.15) is 12.1 Å². The highest BCUT2D eigenvalue weighted by Gasteiger charge is 2.13. The van der Waals surface area contributed by atoms with Crippen molar-refractivity contribution in [3.63, 3.8) is 0 Å². The van der Waals surface area contributed by atoms with Gasteiger partial charge < -0.3 is 4.90 Å². The van der Waals surface area contributed by atoms with Crippen LogP contribution >= 0.6 is 0 Å². The Labute approximate surface area is 135 Å². The maximum absolute atomic E-state index is 8.91. The Hall–Kier alpha value is -2.94. The molecule has 0 unspecified atom stereocenters. The topological polar surface area (TPSA) is 70.1 Å². The van der Waals surface area contributed by atoms with Gasteiger partial charge in [-0.15, -0.1) is 0 Å². The molecule has 0 saturated carbocycles.